The first kappa shape index (κ1) is 14.5. The van der Waals surface area contributed by atoms with Crippen molar-refractivity contribution in [1.82, 2.24) is 4.90 Å². The molecule has 1 aromatic carbocycles. The van der Waals surface area contributed by atoms with E-state index >= 15 is 0 Å². The van der Waals surface area contributed by atoms with Crippen LogP contribution in [0.25, 0.3) is 0 Å². The van der Waals surface area contributed by atoms with Crippen LogP contribution in [0.15, 0.2) is 16.6 Å². The van der Waals surface area contributed by atoms with Crippen LogP contribution in [-0.4, -0.2) is 23.6 Å². The van der Waals surface area contributed by atoms with Crippen LogP contribution in [-0.2, 0) is 6.54 Å². The van der Waals surface area contributed by atoms with Gasteiger partial charge in [0.05, 0.1) is 0 Å². The molecule has 2 nitrogen and oxygen atoms in total. The lowest BCUT2D eigenvalue weighted by atomic mass is 10.1. The van der Waals surface area contributed by atoms with Crippen LogP contribution < -0.4 is 0 Å². The fourth-order valence-corrected chi connectivity index (χ4v) is 2.39. The van der Waals surface area contributed by atoms with E-state index in [-0.39, 0.29) is 0 Å². The van der Waals surface area contributed by atoms with Crippen molar-refractivity contribution in [2.75, 3.05) is 13.6 Å². The maximum atomic E-state index is 10.0. The molecule has 1 rings (SSSR count). The van der Waals surface area contributed by atoms with Crippen LogP contribution in [0.1, 0.15) is 31.4 Å². The number of phenolic OH excluding ortho intramolecular Hbond substituents is 1. The number of hydrogen-bond donors (Lipinski definition) is 1. The summed E-state index contributed by atoms with van der Waals surface area (Å²) in [6.07, 6.45) is 1.18. The molecule has 0 atom stereocenters. The molecule has 0 radical (unpaired) electrons. The standard InChI is InChI=1S/C14H22BrNO/c1-10(2)5-6-16(4)9-12-8-13(15)7-11(3)14(12)17/h7-8,10,17H,5-6,9H2,1-4H3. The highest BCUT2D eigenvalue weighted by Gasteiger charge is 2.09. The average Bonchev–Trinajstić information content (AvgIpc) is 2.22. The minimum Gasteiger partial charge on any atom is -0.507 e. The van der Waals surface area contributed by atoms with E-state index in [0.717, 1.165) is 34.6 Å². The van der Waals surface area contributed by atoms with Gasteiger partial charge in [-0.05, 0) is 50.6 Å². The Bertz CT molecular complexity index is 377. The molecule has 96 valence electrons. The van der Waals surface area contributed by atoms with E-state index in [1.165, 1.54) is 6.42 Å². The van der Waals surface area contributed by atoms with Gasteiger partial charge in [0, 0.05) is 16.6 Å². The zero-order valence-corrected chi connectivity index (χ0v) is 12.7. The molecule has 0 unspecified atom stereocenters. The van der Waals surface area contributed by atoms with E-state index in [2.05, 4.69) is 41.7 Å². The highest BCUT2D eigenvalue weighted by atomic mass is 79.9. The topological polar surface area (TPSA) is 23.5 Å². The van der Waals surface area contributed by atoms with Gasteiger partial charge in [-0.1, -0.05) is 29.8 Å². The number of nitrogens with zero attached hydrogens (tertiary/aromatic N) is 1. The molecule has 1 aromatic rings. The summed E-state index contributed by atoms with van der Waals surface area (Å²) in [7, 11) is 2.10. The van der Waals surface area contributed by atoms with Crippen molar-refractivity contribution in [2.45, 2.75) is 33.7 Å². The summed E-state index contributed by atoms with van der Waals surface area (Å²) < 4.78 is 1.03. The maximum absolute atomic E-state index is 10.0. The summed E-state index contributed by atoms with van der Waals surface area (Å²) in [5.74, 6) is 1.14. The second kappa shape index (κ2) is 6.41. The smallest absolute Gasteiger partial charge is 0.123 e. The van der Waals surface area contributed by atoms with E-state index in [0.29, 0.717) is 5.75 Å². The fraction of sp³-hybridized carbons (Fsp3) is 0.571. The van der Waals surface area contributed by atoms with Gasteiger partial charge in [-0.15, -0.1) is 0 Å². The number of hydrogen-bond acceptors (Lipinski definition) is 2. The Morgan fingerprint density at radius 2 is 2.00 bits per heavy atom. The van der Waals surface area contributed by atoms with Crippen LogP contribution in [0.2, 0.25) is 0 Å². The molecule has 17 heavy (non-hydrogen) atoms. The Morgan fingerprint density at radius 1 is 1.35 bits per heavy atom. The van der Waals surface area contributed by atoms with E-state index < -0.39 is 0 Å². The number of aryl methyl sites for hydroxylation is 1. The van der Waals surface area contributed by atoms with Crippen molar-refractivity contribution >= 4 is 15.9 Å². The zero-order chi connectivity index (χ0) is 13.0. The first-order valence-electron chi connectivity index (χ1n) is 6.06. The van der Waals surface area contributed by atoms with E-state index in [4.69, 9.17) is 0 Å². The molecule has 0 saturated carbocycles. The van der Waals surface area contributed by atoms with Gasteiger partial charge in [0.1, 0.15) is 5.75 Å². The first-order chi connectivity index (χ1) is 7.90. The van der Waals surface area contributed by atoms with Crippen molar-refractivity contribution in [3.05, 3.63) is 27.7 Å². The molecular weight excluding hydrogens is 278 g/mol. The van der Waals surface area contributed by atoms with Gasteiger partial charge in [0.2, 0.25) is 0 Å². The van der Waals surface area contributed by atoms with Crippen molar-refractivity contribution in [2.24, 2.45) is 5.92 Å². The quantitative estimate of drug-likeness (QED) is 0.890. The molecular formula is C14H22BrNO. The Morgan fingerprint density at radius 3 is 2.59 bits per heavy atom. The van der Waals surface area contributed by atoms with Crippen LogP contribution in [0.3, 0.4) is 0 Å². The summed E-state index contributed by atoms with van der Waals surface area (Å²) >= 11 is 3.47. The van der Waals surface area contributed by atoms with E-state index in [1.54, 1.807) is 0 Å². The molecule has 3 heteroatoms. The van der Waals surface area contributed by atoms with Crippen molar-refractivity contribution in [3.8, 4) is 5.75 Å². The zero-order valence-electron chi connectivity index (χ0n) is 11.1. The number of aromatic hydroxyl groups is 1. The average molecular weight is 300 g/mol. The summed E-state index contributed by atoms with van der Waals surface area (Å²) in [6, 6.07) is 3.93. The summed E-state index contributed by atoms with van der Waals surface area (Å²) in [4.78, 5) is 2.25. The van der Waals surface area contributed by atoms with Gasteiger partial charge >= 0.3 is 0 Å². The minimum atomic E-state index is 0.421. The first-order valence-corrected chi connectivity index (χ1v) is 6.86. The lowest BCUT2D eigenvalue weighted by Crippen LogP contribution is -2.20. The van der Waals surface area contributed by atoms with Crippen LogP contribution in [0.5, 0.6) is 5.75 Å². The molecule has 0 fully saturated rings. The highest BCUT2D eigenvalue weighted by molar-refractivity contribution is 9.10. The van der Waals surface area contributed by atoms with Crippen LogP contribution in [0.4, 0.5) is 0 Å². The predicted molar refractivity (Wildman–Crippen MR) is 76.3 cm³/mol. The molecule has 0 amide bonds. The third-order valence-electron chi connectivity index (χ3n) is 2.87. The van der Waals surface area contributed by atoms with Gasteiger partial charge in [-0.3, -0.25) is 0 Å². The predicted octanol–water partition coefficient (Wildman–Crippen LogP) is 3.94. The van der Waals surface area contributed by atoms with Crippen molar-refractivity contribution < 1.29 is 5.11 Å². The lowest BCUT2D eigenvalue weighted by molar-refractivity contribution is 0.298. The normalized spacial score (nSPS) is 11.5. The number of halogens is 1. The second-order valence-electron chi connectivity index (χ2n) is 5.15. The number of phenols is 1. The Balaban J connectivity index is 2.68. The van der Waals surface area contributed by atoms with Crippen molar-refractivity contribution in [1.29, 1.82) is 0 Å². The van der Waals surface area contributed by atoms with Gasteiger partial charge in [0.15, 0.2) is 0 Å². The van der Waals surface area contributed by atoms with Crippen molar-refractivity contribution in [3.63, 3.8) is 0 Å². The Hall–Kier alpha value is -0.540. The summed E-state index contributed by atoms with van der Waals surface area (Å²) in [5.41, 5.74) is 1.91. The molecule has 0 aromatic heterocycles. The number of benzene rings is 1. The monoisotopic (exact) mass is 299 g/mol. The van der Waals surface area contributed by atoms with Crippen LogP contribution >= 0.6 is 15.9 Å². The molecule has 0 saturated heterocycles. The van der Waals surface area contributed by atoms with E-state index in [1.807, 2.05) is 19.1 Å². The fourth-order valence-electron chi connectivity index (χ4n) is 1.77. The Labute approximate surface area is 113 Å². The van der Waals surface area contributed by atoms with E-state index in [9.17, 15) is 5.11 Å². The largest absolute Gasteiger partial charge is 0.507 e. The second-order valence-corrected chi connectivity index (χ2v) is 6.07. The van der Waals surface area contributed by atoms with Gasteiger partial charge < -0.3 is 10.0 Å². The van der Waals surface area contributed by atoms with Gasteiger partial charge in [0.25, 0.3) is 0 Å². The highest BCUT2D eigenvalue weighted by Crippen LogP contribution is 2.27. The van der Waals surface area contributed by atoms with Gasteiger partial charge in [-0.25, -0.2) is 0 Å². The van der Waals surface area contributed by atoms with Gasteiger partial charge in [-0.2, -0.15) is 0 Å². The third-order valence-corrected chi connectivity index (χ3v) is 3.33. The SMILES string of the molecule is Cc1cc(Br)cc(CN(C)CCC(C)C)c1O. The molecule has 0 aliphatic carbocycles. The molecule has 0 heterocycles. The maximum Gasteiger partial charge on any atom is 0.123 e. The summed E-state index contributed by atoms with van der Waals surface area (Å²) in [5, 5.41) is 10.0. The number of rotatable bonds is 5. The molecule has 0 bridgehead atoms. The molecule has 0 spiro atoms. The minimum absolute atomic E-state index is 0.421. The molecule has 0 aliphatic rings. The molecule has 1 N–H and O–H groups in total. The third kappa shape index (κ3) is 4.68. The lowest BCUT2D eigenvalue weighted by Gasteiger charge is -2.19. The Kier molecular flexibility index (Phi) is 5.47. The molecule has 0 aliphatic heterocycles. The van der Waals surface area contributed by atoms with Crippen LogP contribution in [0, 0.1) is 12.8 Å². The summed E-state index contributed by atoms with van der Waals surface area (Å²) in [6.45, 7) is 8.24.